The molecule has 0 unspecified atom stereocenters. The van der Waals surface area contributed by atoms with Gasteiger partial charge in [0.2, 0.25) is 0 Å². The van der Waals surface area contributed by atoms with Crippen molar-refractivity contribution in [1.82, 2.24) is 0 Å². The van der Waals surface area contributed by atoms with Gasteiger partial charge in [-0.25, -0.2) is 9.36 Å². The summed E-state index contributed by atoms with van der Waals surface area (Å²) in [6.07, 6.45) is 12.4. The summed E-state index contributed by atoms with van der Waals surface area (Å²) in [5, 5.41) is 10.4. The molecule has 0 aromatic carbocycles. The number of esters is 1. The van der Waals surface area contributed by atoms with Crippen LogP contribution in [0.3, 0.4) is 0 Å². The van der Waals surface area contributed by atoms with E-state index in [4.69, 9.17) is 9.26 Å². The summed E-state index contributed by atoms with van der Waals surface area (Å²) in [4.78, 5) is 30.1. The maximum atomic E-state index is 11.5. The smallest absolute Gasteiger partial charge is 0.458 e. The zero-order valence-electron chi connectivity index (χ0n) is 18.4. The first-order valence-electron chi connectivity index (χ1n) is 9.82. The van der Waals surface area contributed by atoms with E-state index >= 15 is 0 Å². The largest absolute Gasteiger partial charge is 1.00 e. The Morgan fingerprint density at radius 2 is 1.83 bits per heavy atom. The molecule has 0 radical (unpaired) electrons. The first-order valence-corrected chi connectivity index (χ1v) is 11.3. The number of aliphatic hydroxyl groups is 1. The van der Waals surface area contributed by atoms with Gasteiger partial charge in [0.25, 0.3) is 0 Å². The zero-order chi connectivity index (χ0) is 22.0. The molecule has 0 saturated carbocycles. The number of cyclic esters (lactones) is 1. The van der Waals surface area contributed by atoms with Crippen molar-refractivity contribution in [2.45, 2.75) is 58.8 Å². The number of hydrogen-bond acceptors (Lipinski definition) is 5. The molecule has 9 heteroatoms. The van der Waals surface area contributed by atoms with Gasteiger partial charge >= 0.3 is 43.3 Å². The molecule has 0 aliphatic carbocycles. The van der Waals surface area contributed by atoms with Gasteiger partial charge in [-0.2, -0.15) is 0 Å². The summed E-state index contributed by atoms with van der Waals surface area (Å²) < 4.78 is 21.8. The molecular weight excluding hydrogens is 418 g/mol. The van der Waals surface area contributed by atoms with Crippen LogP contribution in [-0.4, -0.2) is 39.2 Å². The topological polar surface area (TPSA) is 113 Å². The first-order chi connectivity index (χ1) is 13.5. The van der Waals surface area contributed by atoms with Crippen LogP contribution >= 0.6 is 7.82 Å². The molecule has 30 heavy (non-hydrogen) atoms. The van der Waals surface area contributed by atoms with Gasteiger partial charge in [-0.1, -0.05) is 63.3 Å². The Labute approximate surface area is 201 Å². The Kier molecular flexibility index (Phi) is 14.3. The standard InChI is InChI=1S/C21H33O7P.Na/c1-5-6-7-8-9-10-18(22)17(4)19(28-29(24,25)26)13-11-15(2)21-16(3)12-14-20(23)27-21;/h5-10,12,14-19,21-22H,11,13H2,1-4H3,(H2,24,25,26);/q;+1/b6-5+,8-7-,10-9-;/t15-,16-,17-,18-,19-,21-;/m0./s1. The Balaban J connectivity index is 0.00000841. The van der Waals surface area contributed by atoms with E-state index in [0.29, 0.717) is 12.8 Å². The van der Waals surface area contributed by atoms with E-state index in [1.807, 2.05) is 32.9 Å². The molecule has 0 spiro atoms. The van der Waals surface area contributed by atoms with Crippen molar-refractivity contribution in [2.24, 2.45) is 17.8 Å². The van der Waals surface area contributed by atoms with Crippen molar-refractivity contribution in [3.8, 4) is 0 Å². The van der Waals surface area contributed by atoms with Crippen LogP contribution in [0, 0.1) is 17.8 Å². The zero-order valence-corrected chi connectivity index (χ0v) is 21.3. The van der Waals surface area contributed by atoms with Crippen molar-refractivity contribution in [3.05, 3.63) is 48.6 Å². The Bertz CT molecular complexity index is 683. The van der Waals surface area contributed by atoms with Crippen molar-refractivity contribution in [3.63, 3.8) is 0 Å². The maximum absolute atomic E-state index is 11.5. The molecule has 0 amide bonds. The number of phosphoric ester groups is 1. The molecule has 0 aromatic rings. The minimum Gasteiger partial charge on any atom is -0.458 e. The Morgan fingerprint density at radius 3 is 2.43 bits per heavy atom. The summed E-state index contributed by atoms with van der Waals surface area (Å²) in [5.41, 5.74) is 0. The van der Waals surface area contributed by atoms with Crippen molar-refractivity contribution in [2.75, 3.05) is 0 Å². The van der Waals surface area contributed by atoms with Gasteiger partial charge in [-0.3, -0.25) is 4.52 Å². The predicted octanol–water partition coefficient (Wildman–Crippen LogP) is 0.688. The summed E-state index contributed by atoms with van der Waals surface area (Å²) in [7, 11) is -4.73. The average molecular weight is 451 g/mol. The van der Waals surface area contributed by atoms with E-state index in [1.165, 1.54) is 6.08 Å². The third-order valence-corrected chi connectivity index (χ3v) is 5.55. The fraction of sp³-hybridized carbons (Fsp3) is 0.571. The van der Waals surface area contributed by atoms with Gasteiger partial charge in [0.1, 0.15) is 6.10 Å². The van der Waals surface area contributed by atoms with Crippen LogP contribution in [0.25, 0.3) is 0 Å². The molecule has 164 valence electrons. The molecule has 1 rings (SSSR count). The SMILES string of the molecule is C/C=C/C=C\C=C/[C@H](O)[C@H](C)[C@H](CC[C@H](C)[C@@H]1OC(=O)C=C[C@@H]1C)OP(=O)(O)O.[Na+]. The third kappa shape index (κ3) is 11.2. The normalized spacial score (nSPS) is 24.0. The Hall–Kier alpha value is -0.500. The van der Waals surface area contributed by atoms with Gasteiger partial charge < -0.3 is 19.6 Å². The monoisotopic (exact) mass is 451 g/mol. The van der Waals surface area contributed by atoms with Gasteiger partial charge in [-0.05, 0) is 25.7 Å². The molecule has 0 fully saturated rings. The van der Waals surface area contributed by atoms with Gasteiger partial charge in [-0.15, -0.1) is 0 Å². The van der Waals surface area contributed by atoms with E-state index in [-0.39, 0.29) is 53.5 Å². The second-order valence-electron chi connectivity index (χ2n) is 7.45. The summed E-state index contributed by atoms with van der Waals surface area (Å²) >= 11 is 0. The van der Waals surface area contributed by atoms with Crippen LogP contribution in [0.15, 0.2) is 48.6 Å². The number of rotatable bonds is 11. The van der Waals surface area contributed by atoms with Crippen LogP contribution < -0.4 is 29.6 Å². The van der Waals surface area contributed by atoms with Crippen molar-refractivity contribution >= 4 is 13.8 Å². The quantitative estimate of drug-likeness (QED) is 0.183. The van der Waals surface area contributed by atoms with Gasteiger partial charge in [0.15, 0.2) is 0 Å². The van der Waals surface area contributed by atoms with Crippen molar-refractivity contribution in [1.29, 1.82) is 0 Å². The molecular formula is C21H33NaO7P+. The van der Waals surface area contributed by atoms with Gasteiger partial charge in [0.05, 0.1) is 12.2 Å². The minimum atomic E-state index is -4.73. The number of ether oxygens (including phenoxy) is 1. The van der Waals surface area contributed by atoms with Crippen LogP contribution in [-0.2, 0) is 18.6 Å². The van der Waals surface area contributed by atoms with Crippen LogP contribution in [0.5, 0.6) is 0 Å². The van der Waals surface area contributed by atoms with Gasteiger partial charge in [0, 0.05) is 17.9 Å². The van der Waals surface area contributed by atoms with E-state index in [2.05, 4.69) is 0 Å². The summed E-state index contributed by atoms with van der Waals surface area (Å²) in [5.74, 6) is -0.917. The van der Waals surface area contributed by atoms with Crippen LogP contribution in [0.4, 0.5) is 0 Å². The van der Waals surface area contributed by atoms with E-state index in [0.717, 1.165) is 0 Å². The number of hydrogen-bond donors (Lipinski definition) is 3. The molecule has 3 N–H and O–H groups in total. The number of aliphatic hydroxyl groups excluding tert-OH is 1. The number of allylic oxidation sites excluding steroid dienone is 5. The van der Waals surface area contributed by atoms with Crippen LogP contribution in [0.2, 0.25) is 0 Å². The van der Waals surface area contributed by atoms with E-state index in [1.54, 1.807) is 37.3 Å². The molecule has 0 saturated heterocycles. The molecule has 1 heterocycles. The predicted molar refractivity (Wildman–Crippen MR) is 112 cm³/mol. The third-order valence-electron chi connectivity index (χ3n) is 5.01. The van der Waals surface area contributed by atoms with Crippen molar-refractivity contribution < 1.29 is 63.1 Å². The fourth-order valence-corrected chi connectivity index (χ4v) is 3.90. The number of carbonyl (C=O) groups is 1. The molecule has 6 atom stereocenters. The van der Waals surface area contributed by atoms with E-state index < -0.39 is 25.9 Å². The number of phosphoric acid groups is 1. The maximum Gasteiger partial charge on any atom is 1.00 e. The molecule has 0 aromatic heterocycles. The molecule has 0 bridgehead atoms. The Morgan fingerprint density at radius 1 is 1.20 bits per heavy atom. The minimum absolute atomic E-state index is 0. The number of carbonyl (C=O) groups excluding carboxylic acids is 1. The van der Waals surface area contributed by atoms with Crippen LogP contribution in [0.1, 0.15) is 40.5 Å². The first kappa shape index (κ1) is 29.5. The summed E-state index contributed by atoms with van der Waals surface area (Å²) in [6.45, 7) is 7.45. The fourth-order valence-electron chi connectivity index (χ4n) is 3.25. The van der Waals surface area contributed by atoms with E-state index in [9.17, 15) is 24.3 Å². The second kappa shape index (κ2) is 14.5. The second-order valence-corrected chi connectivity index (χ2v) is 8.65. The molecule has 7 nitrogen and oxygen atoms in total. The summed E-state index contributed by atoms with van der Waals surface area (Å²) in [6, 6.07) is 0. The average Bonchev–Trinajstić information content (AvgIpc) is 2.64. The molecule has 1 aliphatic heterocycles. The molecule has 1 aliphatic rings.